The average Bonchev–Trinajstić information content (AvgIpc) is 2.37. The molecule has 0 aliphatic heterocycles. The van der Waals surface area contributed by atoms with Crippen molar-refractivity contribution in [1.82, 2.24) is 5.32 Å². The second-order valence-corrected chi connectivity index (χ2v) is 4.09. The third kappa shape index (κ3) is 3.78. The van der Waals surface area contributed by atoms with Gasteiger partial charge in [-0.1, -0.05) is 0 Å². The normalized spacial score (nSPS) is 12.2. The summed E-state index contributed by atoms with van der Waals surface area (Å²) in [5.41, 5.74) is 0.976. The van der Waals surface area contributed by atoms with Gasteiger partial charge in [-0.15, -0.1) is 0 Å². The molecule has 0 fully saturated rings. The number of hydrogen-bond acceptors (Lipinski definition) is 5. The first kappa shape index (κ1) is 14.6. The molecule has 5 heteroatoms. The van der Waals surface area contributed by atoms with Gasteiger partial charge in [-0.2, -0.15) is 0 Å². The lowest BCUT2D eigenvalue weighted by atomic mass is 10.1. The monoisotopic (exact) mass is 255 g/mol. The summed E-state index contributed by atoms with van der Waals surface area (Å²) in [6.45, 7) is 3.34. The van der Waals surface area contributed by atoms with Gasteiger partial charge in [0.1, 0.15) is 0 Å². The van der Waals surface area contributed by atoms with Gasteiger partial charge in [-0.05, 0) is 24.6 Å². The van der Waals surface area contributed by atoms with Gasteiger partial charge in [0.05, 0.1) is 20.8 Å². The fourth-order valence-corrected chi connectivity index (χ4v) is 1.65. The molecule has 1 rings (SSSR count). The number of aromatic hydroxyl groups is 1. The summed E-state index contributed by atoms with van der Waals surface area (Å²) in [7, 11) is 4.70. The summed E-state index contributed by atoms with van der Waals surface area (Å²) in [4.78, 5) is 0. The molecule has 5 nitrogen and oxygen atoms in total. The molecule has 0 spiro atoms. The minimum absolute atomic E-state index is 0.0219. The van der Waals surface area contributed by atoms with Gasteiger partial charge in [-0.3, -0.25) is 0 Å². The molecule has 1 unspecified atom stereocenters. The van der Waals surface area contributed by atoms with Crippen molar-refractivity contribution in [3.05, 3.63) is 17.7 Å². The molecule has 1 atom stereocenters. The second kappa shape index (κ2) is 7.08. The Kier molecular flexibility index (Phi) is 5.74. The maximum absolute atomic E-state index is 9.78. The number of ether oxygens (including phenoxy) is 3. The Balaban J connectivity index is 2.77. The van der Waals surface area contributed by atoms with Crippen LogP contribution in [0.25, 0.3) is 0 Å². The fraction of sp³-hybridized carbons (Fsp3) is 0.538. The predicted octanol–water partition coefficient (Wildman–Crippen LogP) is 1.53. The van der Waals surface area contributed by atoms with Crippen LogP contribution in [-0.4, -0.2) is 39.1 Å². The van der Waals surface area contributed by atoms with E-state index in [2.05, 4.69) is 5.32 Å². The van der Waals surface area contributed by atoms with Crippen LogP contribution in [0.2, 0.25) is 0 Å². The van der Waals surface area contributed by atoms with E-state index in [0.717, 1.165) is 5.56 Å². The van der Waals surface area contributed by atoms with Crippen molar-refractivity contribution < 1.29 is 19.3 Å². The van der Waals surface area contributed by atoms with E-state index in [1.165, 1.54) is 14.2 Å². The molecule has 18 heavy (non-hydrogen) atoms. The van der Waals surface area contributed by atoms with Gasteiger partial charge in [0.15, 0.2) is 11.5 Å². The zero-order chi connectivity index (χ0) is 13.5. The van der Waals surface area contributed by atoms with E-state index in [4.69, 9.17) is 14.2 Å². The molecular weight excluding hydrogens is 234 g/mol. The van der Waals surface area contributed by atoms with Crippen LogP contribution in [0.4, 0.5) is 0 Å². The van der Waals surface area contributed by atoms with E-state index < -0.39 is 0 Å². The zero-order valence-corrected chi connectivity index (χ0v) is 11.3. The smallest absolute Gasteiger partial charge is 0.200 e. The molecule has 0 radical (unpaired) electrons. The van der Waals surface area contributed by atoms with Crippen molar-refractivity contribution in [2.24, 2.45) is 0 Å². The highest BCUT2D eigenvalue weighted by atomic mass is 16.5. The number of nitrogens with one attached hydrogen (secondary N) is 1. The number of methoxy groups -OCH3 is 3. The van der Waals surface area contributed by atoms with Crippen molar-refractivity contribution in [3.8, 4) is 17.2 Å². The lowest BCUT2D eigenvalue weighted by Crippen LogP contribution is -2.29. The Morgan fingerprint density at radius 1 is 1.17 bits per heavy atom. The maximum atomic E-state index is 9.78. The second-order valence-electron chi connectivity index (χ2n) is 4.09. The summed E-state index contributed by atoms with van der Waals surface area (Å²) < 4.78 is 15.2. The van der Waals surface area contributed by atoms with Crippen molar-refractivity contribution in [3.63, 3.8) is 0 Å². The lowest BCUT2D eigenvalue weighted by molar-refractivity contribution is 0.171. The third-order valence-electron chi connectivity index (χ3n) is 2.61. The Labute approximate surface area is 108 Å². The van der Waals surface area contributed by atoms with E-state index in [0.29, 0.717) is 24.7 Å². The number of hydrogen-bond donors (Lipinski definition) is 2. The highest BCUT2D eigenvalue weighted by Gasteiger charge is 2.11. The Bertz CT molecular complexity index is 356. The van der Waals surface area contributed by atoms with Crippen molar-refractivity contribution >= 4 is 0 Å². The molecule has 0 amide bonds. The van der Waals surface area contributed by atoms with E-state index in [9.17, 15) is 5.11 Å². The van der Waals surface area contributed by atoms with Crippen molar-refractivity contribution in [1.29, 1.82) is 0 Å². The van der Waals surface area contributed by atoms with Crippen LogP contribution in [0, 0.1) is 0 Å². The average molecular weight is 255 g/mol. The Morgan fingerprint density at radius 3 is 2.17 bits per heavy atom. The van der Waals surface area contributed by atoms with Crippen molar-refractivity contribution in [2.45, 2.75) is 19.5 Å². The van der Waals surface area contributed by atoms with Gasteiger partial charge in [-0.25, -0.2) is 0 Å². The summed E-state index contributed by atoms with van der Waals surface area (Å²) in [6.07, 6.45) is 0. The first-order chi connectivity index (χ1) is 8.62. The molecule has 102 valence electrons. The third-order valence-corrected chi connectivity index (χ3v) is 2.61. The summed E-state index contributed by atoms with van der Waals surface area (Å²) >= 11 is 0. The SMILES string of the molecule is COCC(C)NCc1cc(OC)c(O)c(OC)c1. The topological polar surface area (TPSA) is 60.0 Å². The molecule has 2 N–H and O–H groups in total. The highest BCUT2D eigenvalue weighted by molar-refractivity contribution is 5.52. The van der Waals surface area contributed by atoms with E-state index in [-0.39, 0.29) is 11.8 Å². The number of rotatable bonds is 7. The van der Waals surface area contributed by atoms with Crippen LogP contribution in [0.15, 0.2) is 12.1 Å². The van der Waals surface area contributed by atoms with Gasteiger partial charge in [0.2, 0.25) is 5.75 Å². The van der Waals surface area contributed by atoms with Gasteiger partial charge >= 0.3 is 0 Å². The molecule has 0 saturated carbocycles. The summed E-state index contributed by atoms with van der Waals surface area (Å²) in [5.74, 6) is 0.838. The molecular formula is C13H21NO4. The van der Waals surface area contributed by atoms with E-state index >= 15 is 0 Å². The van der Waals surface area contributed by atoms with Gasteiger partial charge < -0.3 is 24.6 Å². The standard InChI is InChI=1S/C13H21NO4/c1-9(8-16-2)14-7-10-5-11(17-3)13(15)12(6-10)18-4/h5-6,9,14-15H,7-8H2,1-4H3. The number of benzene rings is 1. The van der Waals surface area contributed by atoms with Crippen LogP contribution in [0.1, 0.15) is 12.5 Å². The summed E-state index contributed by atoms with van der Waals surface area (Å²) in [6, 6.07) is 3.81. The first-order valence-corrected chi connectivity index (χ1v) is 5.78. The van der Waals surface area contributed by atoms with E-state index in [1.54, 1.807) is 19.2 Å². The minimum atomic E-state index is 0.0219. The van der Waals surface area contributed by atoms with Crippen LogP contribution >= 0.6 is 0 Å². The molecule has 0 aliphatic rings. The first-order valence-electron chi connectivity index (χ1n) is 5.78. The van der Waals surface area contributed by atoms with E-state index in [1.807, 2.05) is 6.92 Å². The fourth-order valence-electron chi connectivity index (χ4n) is 1.65. The minimum Gasteiger partial charge on any atom is -0.502 e. The van der Waals surface area contributed by atoms with Crippen LogP contribution in [-0.2, 0) is 11.3 Å². The quantitative estimate of drug-likeness (QED) is 0.774. The van der Waals surface area contributed by atoms with Crippen LogP contribution in [0.3, 0.4) is 0 Å². The van der Waals surface area contributed by atoms with Crippen molar-refractivity contribution in [2.75, 3.05) is 27.9 Å². The molecule has 0 saturated heterocycles. The Hall–Kier alpha value is -1.46. The number of phenols is 1. The maximum Gasteiger partial charge on any atom is 0.200 e. The summed E-state index contributed by atoms with van der Waals surface area (Å²) in [5, 5.41) is 13.1. The zero-order valence-electron chi connectivity index (χ0n) is 11.3. The highest BCUT2D eigenvalue weighted by Crippen LogP contribution is 2.36. The predicted molar refractivity (Wildman–Crippen MR) is 69.4 cm³/mol. The Morgan fingerprint density at radius 2 is 1.72 bits per heavy atom. The van der Waals surface area contributed by atoms with Crippen LogP contribution < -0.4 is 14.8 Å². The van der Waals surface area contributed by atoms with Gasteiger partial charge in [0, 0.05) is 19.7 Å². The molecule has 0 aliphatic carbocycles. The molecule has 1 aromatic rings. The number of phenolic OH excluding ortho intramolecular Hbond substituents is 1. The van der Waals surface area contributed by atoms with Gasteiger partial charge in [0.25, 0.3) is 0 Å². The molecule has 0 bridgehead atoms. The largest absolute Gasteiger partial charge is 0.502 e. The lowest BCUT2D eigenvalue weighted by Gasteiger charge is -2.15. The molecule has 0 aromatic heterocycles. The van der Waals surface area contributed by atoms with Crippen LogP contribution in [0.5, 0.6) is 17.2 Å². The molecule has 1 aromatic carbocycles. The molecule has 0 heterocycles.